The molecule has 2 aromatic rings. The van der Waals surface area contributed by atoms with E-state index in [9.17, 15) is 19.2 Å². The summed E-state index contributed by atoms with van der Waals surface area (Å²) in [7, 11) is 0. The topological polar surface area (TPSA) is 108 Å². The summed E-state index contributed by atoms with van der Waals surface area (Å²) in [6, 6.07) is 14.5. The third kappa shape index (κ3) is 4.98. The highest BCUT2D eigenvalue weighted by Crippen LogP contribution is 2.14. The molecular formula is C21H22N4O4. The molecule has 2 aromatic carbocycles. The highest BCUT2D eigenvalue weighted by atomic mass is 16.2. The van der Waals surface area contributed by atoms with Crippen molar-refractivity contribution in [2.75, 3.05) is 18.4 Å². The van der Waals surface area contributed by atoms with E-state index in [0.29, 0.717) is 24.2 Å². The molecule has 0 spiro atoms. The first-order chi connectivity index (χ1) is 14.0. The Morgan fingerprint density at radius 3 is 2.55 bits per heavy atom. The number of nitrogens with one attached hydrogen (secondary N) is 3. The van der Waals surface area contributed by atoms with E-state index >= 15 is 0 Å². The van der Waals surface area contributed by atoms with Gasteiger partial charge in [-0.2, -0.15) is 0 Å². The Balaban J connectivity index is 1.60. The number of hydrogen-bond acceptors (Lipinski definition) is 4. The molecule has 0 aromatic heterocycles. The van der Waals surface area contributed by atoms with Crippen LogP contribution in [0.2, 0.25) is 0 Å². The van der Waals surface area contributed by atoms with Crippen molar-refractivity contribution in [2.24, 2.45) is 0 Å². The van der Waals surface area contributed by atoms with Crippen LogP contribution in [-0.4, -0.2) is 47.8 Å². The summed E-state index contributed by atoms with van der Waals surface area (Å²) in [4.78, 5) is 49.8. The number of amides is 5. The normalized spacial score (nSPS) is 15.8. The fourth-order valence-corrected chi connectivity index (χ4v) is 3.06. The van der Waals surface area contributed by atoms with Crippen LogP contribution in [0.15, 0.2) is 54.6 Å². The van der Waals surface area contributed by atoms with Gasteiger partial charge in [-0.05, 0) is 30.7 Å². The average molecular weight is 394 g/mol. The third-order valence-electron chi connectivity index (χ3n) is 4.44. The highest BCUT2D eigenvalue weighted by Gasteiger charge is 2.38. The van der Waals surface area contributed by atoms with E-state index in [1.165, 1.54) is 6.07 Å². The number of imide groups is 1. The summed E-state index contributed by atoms with van der Waals surface area (Å²) in [6.07, 6.45) is 0.359. The first kappa shape index (κ1) is 20.1. The molecule has 3 rings (SSSR count). The maximum Gasteiger partial charge on any atom is 0.325 e. The van der Waals surface area contributed by atoms with Gasteiger partial charge in [0.25, 0.3) is 11.8 Å². The van der Waals surface area contributed by atoms with Gasteiger partial charge in [-0.3, -0.25) is 19.3 Å². The summed E-state index contributed by atoms with van der Waals surface area (Å²) < 4.78 is 0. The summed E-state index contributed by atoms with van der Waals surface area (Å²) in [6.45, 7) is 1.90. The van der Waals surface area contributed by atoms with Crippen LogP contribution < -0.4 is 16.0 Å². The van der Waals surface area contributed by atoms with Crippen molar-refractivity contribution in [1.29, 1.82) is 0 Å². The van der Waals surface area contributed by atoms with Crippen molar-refractivity contribution in [1.82, 2.24) is 15.5 Å². The fourth-order valence-electron chi connectivity index (χ4n) is 3.06. The molecule has 3 N–H and O–H groups in total. The molecule has 5 amide bonds. The van der Waals surface area contributed by atoms with E-state index in [1.807, 2.05) is 37.3 Å². The quantitative estimate of drug-likeness (QED) is 0.619. The van der Waals surface area contributed by atoms with Crippen LogP contribution in [0.5, 0.6) is 0 Å². The molecule has 150 valence electrons. The summed E-state index contributed by atoms with van der Waals surface area (Å²) in [5.74, 6) is -1.21. The van der Waals surface area contributed by atoms with E-state index in [1.54, 1.807) is 18.2 Å². The van der Waals surface area contributed by atoms with Gasteiger partial charge in [0.05, 0.1) is 0 Å². The van der Waals surface area contributed by atoms with E-state index in [4.69, 9.17) is 0 Å². The molecule has 1 heterocycles. The molecule has 1 saturated heterocycles. The van der Waals surface area contributed by atoms with Gasteiger partial charge in [-0.25, -0.2) is 4.79 Å². The zero-order chi connectivity index (χ0) is 20.8. The smallest absolute Gasteiger partial charge is 0.325 e. The molecule has 1 aliphatic heterocycles. The van der Waals surface area contributed by atoms with Crippen LogP contribution >= 0.6 is 0 Å². The van der Waals surface area contributed by atoms with Gasteiger partial charge in [0, 0.05) is 24.2 Å². The maximum atomic E-state index is 12.5. The van der Waals surface area contributed by atoms with E-state index in [2.05, 4.69) is 16.0 Å². The van der Waals surface area contributed by atoms with Crippen molar-refractivity contribution in [3.8, 4) is 0 Å². The van der Waals surface area contributed by atoms with E-state index < -0.39 is 30.4 Å². The Morgan fingerprint density at radius 1 is 1.07 bits per heavy atom. The predicted octanol–water partition coefficient (Wildman–Crippen LogP) is 1.54. The maximum absolute atomic E-state index is 12.5. The van der Waals surface area contributed by atoms with Crippen LogP contribution in [0, 0.1) is 0 Å². The number of anilines is 1. The van der Waals surface area contributed by atoms with Gasteiger partial charge in [-0.1, -0.05) is 36.4 Å². The molecule has 8 nitrogen and oxygen atoms in total. The number of nitrogens with zero attached hydrogens (tertiary/aromatic N) is 1. The Hall–Kier alpha value is -3.68. The first-order valence-corrected chi connectivity index (χ1v) is 9.32. The van der Waals surface area contributed by atoms with Gasteiger partial charge in [-0.15, -0.1) is 0 Å². The molecule has 1 aliphatic rings. The molecule has 0 aliphatic carbocycles. The van der Waals surface area contributed by atoms with Gasteiger partial charge >= 0.3 is 6.03 Å². The zero-order valence-corrected chi connectivity index (χ0v) is 16.0. The standard InChI is InChI=1S/C21H22N4O4/c1-2-22-19(27)15-9-6-10-16(12-15)23-18(26)13-25-20(28)17(24-21(25)29)11-14-7-4-3-5-8-14/h3-10,12,17H,2,11,13H2,1H3,(H,22,27)(H,23,26)(H,24,29)/t17-/m1/s1. The number of hydrogen-bond donors (Lipinski definition) is 3. The summed E-state index contributed by atoms with van der Waals surface area (Å²) in [5.41, 5.74) is 1.73. The minimum absolute atomic E-state index is 0.249. The van der Waals surface area contributed by atoms with Gasteiger partial charge in [0.1, 0.15) is 12.6 Å². The number of benzene rings is 2. The molecule has 0 saturated carbocycles. The van der Waals surface area contributed by atoms with Crippen molar-refractivity contribution >= 4 is 29.4 Å². The lowest BCUT2D eigenvalue weighted by Crippen LogP contribution is -2.38. The lowest BCUT2D eigenvalue weighted by molar-refractivity contribution is -0.130. The van der Waals surface area contributed by atoms with E-state index in [-0.39, 0.29) is 5.91 Å². The molecule has 8 heteroatoms. The fraction of sp³-hybridized carbons (Fsp3) is 0.238. The number of rotatable bonds is 7. The van der Waals surface area contributed by atoms with Crippen LogP contribution in [0.4, 0.5) is 10.5 Å². The monoisotopic (exact) mass is 394 g/mol. The second-order valence-electron chi connectivity index (χ2n) is 6.60. The van der Waals surface area contributed by atoms with Crippen molar-refractivity contribution in [2.45, 2.75) is 19.4 Å². The molecular weight excluding hydrogens is 372 g/mol. The van der Waals surface area contributed by atoms with Gasteiger partial charge < -0.3 is 16.0 Å². The van der Waals surface area contributed by atoms with Crippen LogP contribution in [-0.2, 0) is 16.0 Å². The molecule has 1 fully saturated rings. The zero-order valence-electron chi connectivity index (χ0n) is 16.0. The largest absolute Gasteiger partial charge is 0.352 e. The molecule has 29 heavy (non-hydrogen) atoms. The summed E-state index contributed by atoms with van der Waals surface area (Å²) in [5, 5.41) is 7.91. The molecule has 1 atom stereocenters. The highest BCUT2D eigenvalue weighted by molar-refractivity contribution is 6.08. The Kier molecular flexibility index (Phi) is 6.23. The lowest BCUT2D eigenvalue weighted by atomic mass is 10.1. The molecule has 0 radical (unpaired) electrons. The van der Waals surface area contributed by atoms with Crippen LogP contribution in [0.1, 0.15) is 22.8 Å². The van der Waals surface area contributed by atoms with Crippen LogP contribution in [0.25, 0.3) is 0 Å². The molecule has 0 unspecified atom stereocenters. The number of urea groups is 1. The van der Waals surface area contributed by atoms with Gasteiger partial charge in [0.15, 0.2) is 0 Å². The Labute approximate surface area is 168 Å². The van der Waals surface area contributed by atoms with Gasteiger partial charge in [0.2, 0.25) is 5.91 Å². The Bertz CT molecular complexity index is 929. The minimum atomic E-state index is -0.696. The number of carbonyl (C=O) groups excluding carboxylic acids is 4. The van der Waals surface area contributed by atoms with Crippen molar-refractivity contribution < 1.29 is 19.2 Å². The van der Waals surface area contributed by atoms with E-state index in [0.717, 1.165) is 10.5 Å². The minimum Gasteiger partial charge on any atom is -0.352 e. The second-order valence-corrected chi connectivity index (χ2v) is 6.60. The van der Waals surface area contributed by atoms with Crippen molar-refractivity contribution in [3.63, 3.8) is 0 Å². The summed E-state index contributed by atoms with van der Waals surface area (Å²) >= 11 is 0. The van der Waals surface area contributed by atoms with Crippen LogP contribution in [0.3, 0.4) is 0 Å². The Morgan fingerprint density at radius 2 is 1.83 bits per heavy atom. The predicted molar refractivity (Wildman–Crippen MR) is 107 cm³/mol. The first-order valence-electron chi connectivity index (χ1n) is 9.32. The molecule has 0 bridgehead atoms. The average Bonchev–Trinajstić information content (AvgIpc) is 2.96. The van der Waals surface area contributed by atoms with Crippen molar-refractivity contribution in [3.05, 3.63) is 65.7 Å². The third-order valence-corrected chi connectivity index (χ3v) is 4.44. The number of carbonyl (C=O) groups is 4. The SMILES string of the molecule is CCNC(=O)c1cccc(NC(=O)CN2C(=O)N[C@H](Cc3ccccc3)C2=O)c1. The lowest BCUT2D eigenvalue weighted by Gasteiger charge is -2.13. The second kappa shape index (κ2) is 9.01.